The smallest absolute Gasteiger partial charge is 0.250 e. The zero-order valence-corrected chi connectivity index (χ0v) is 13.9. The number of aryl methyl sites for hydroxylation is 1. The van der Waals surface area contributed by atoms with Crippen LogP contribution in [0.4, 0.5) is 0 Å². The van der Waals surface area contributed by atoms with Crippen LogP contribution < -0.4 is 4.72 Å². The normalized spacial score (nSPS) is 11.1. The predicted molar refractivity (Wildman–Crippen MR) is 86.0 cm³/mol. The SMILES string of the molecule is CCc1ccc(S(=O)(=O)NCc2sccc2C#CCO)s1. The van der Waals surface area contributed by atoms with Crippen molar-refractivity contribution >= 4 is 32.7 Å². The first kappa shape index (κ1) is 16.2. The third-order valence-corrected chi connectivity index (χ3v) is 6.76. The number of hydrogen-bond donors (Lipinski definition) is 2. The van der Waals surface area contributed by atoms with Crippen molar-refractivity contribution in [3.63, 3.8) is 0 Å². The Bertz CT molecular complexity index is 763. The first-order valence-electron chi connectivity index (χ1n) is 6.31. The van der Waals surface area contributed by atoms with E-state index in [1.807, 2.05) is 24.4 Å². The van der Waals surface area contributed by atoms with Gasteiger partial charge < -0.3 is 5.11 Å². The molecule has 7 heteroatoms. The molecule has 4 nitrogen and oxygen atoms in total. The molecule has 0 aliphatic heterocycles. The molecule has 112 valence electrons. The van der Waals surface area contributed by atoms with Gasteiger partial charge in [-0.15, -0.1) is 22.7 Å². The van der Waals surface area contributed by atoms with Gasteiger partial charge in [0.15, 0.2) is 0 Å². The number of hydrogen-bond acceptors (Lipinski definition) is 5. The van der Waals surface area contributed by atoms with Crippen LogP contribution >= 0.6 is 22.7 Å². The Morgan fingerprint density at radius 2 is 2.14 bits per heavy atom. The molecule has 21 heavy (non-hydrogen) atoms. The Labute approximate surface area is 132 Å². The Morgan fingerprint density at radius 3 is 2.81 bits per heavy atom. The fraction of sp³-hybridized carbons (Fsp3) is 0.286. The lowest BCUT2D eigenvalue weighted by atomic mass is 10.2. The maximum atomic E-state index is 12.2. The van der Waals surface area contributed by atoms with Crippen molar-refractivity contribution in [1.82, 2.24) is 4.72 Å². The van der Waals surface area contributed by atoms with E-state index in [0.717, 1.165) is 21.7 Å². The predicted octanol–water partition coefficient (Wildman–Crippen LogP) is 2.19. The van der Waals surface area contributed by atoms with Crippen molar-refractivity contribution in [1.29, 1.82) is 0 Å². The molecule has 0 atom stereocenters. The van der Waals surface area contributed by atoms with Gasteiger partial charge in [0.2, 0.25) is 10.0 Å². The molecular weight excluding hydrogens is 326 g/mol. The third kappa shape index (κ3) is 4.15. The average molecular weight is 341 g/mol. The quantitative estimate of drug-likeness (QED) is 0.819. The van der Waals surface area contributed by atoms with E-state index in [4.69, 9.17) is 5.11 Å². The lowest BCUT2D eigenvalue weighted by molar-refractivity contribution is 0.350. The molecular formula is C14H15NO3S3. The molecule has 0 spiro atoms. The Hall–Kier alpha value is -1.17. The summed E-state index contributed by atoms with van der Waals surface area (Å²) in [5.74, 6) is 5.38. The van der Waals surface area contributed by atoms with Gasteiger partial charge in [0.25, 0.3) is 0 Å². The summed E-state index contributed by atoms with van der Waals surface area (Å²) in [6, 6.07) is 5.28. The molecule has 0 saturated carbocycles. The summed E-state index contributed by atoms with van der Waals surface area (Å²) >= 11 is 2.72. The standard InChI is InChI=1S/C14H15NO3S3/c1-2-12-5-6-14(20-12)21(17,18)15-10-13-11(4-3-8-16)7-9-19-13/h5-7,9,15-16H,2,8,10H2,1H3. The second kappa shape index (κ2) is 7.20. The van der Waals surface area contributed by atoms with Gasteiger partial charge in [-0.05, 0) is 30.0 Å². The molecule has 0 aliphatic rings. The van der Waals surface area contributed by atoms with Crippen LogP contribution in [0, 0.1) is 11.8 Å². The minimum Gasteiger partial charge on any atom is -0.384 e. The van der Waals surface area contributed by atoms with Gasteiger partial charge in [-0.2, -0.15) is 0 Å². The average Bonchev–Trinajstić information content (AvgIpc) is 3.12. The largest absolute Gasteiger partial charge is 0.384 e. The van der Waals surface area contributed by atoms with E-state index in [0.29, 0.717) is 4.21 Å². The summed E-state index contributed by atoms with van der Waals surface area (Å²) in [5, 5.41) is 10.6. The van der Waals surface area contributed by atoms with Gasteiger partial charge in [-0.1, -0.05) is 18.8 Å². The van der Waals surface area contributed by atoms with Crippen LogP contribution in [0.25, 0.3) is 0 Å². The highest BCUT2D eigenvalue weighted by molar-refractivity contribution is 7.91. The van der Waals surface area contributed by atoms with Gasteiger partial charge in [-0.25, -0.2) is 13.1 Å². The molecule has 2 N–H and O–H groups in total. The number of nitrogens with one attached hydrogen (secondary N) is 1. The zero-order valence-electron chi connectivity index (χ0n) is 11.4. The molecule has 0 fully saturated rings. The second-order valence-corrected chi connectivity index (χ2v) is 8.28. The summed E-state index contributed by atoms with van der Waals surface area (Å²) in [6.45, 7) is 1.98. The maximum absolute atomic E-state index is 12.2. The van der Waals surface area contributed by atoms with E-state index in [-0.39, 0.29) is 13.2 Å². The van der Waals surface area contributed by atoms with Crippen molar-refractivity contribution in [2.75, 3.05) is 6.61 Å². The molecule has 0 bridgehead atoms. The van der Waals surface area contributed by atoms with Crippen molar-refractivity contribution in [3.8, 4) is 11.8 Å². The molecule has 0 aromatic carbocycles. The Balaban J connectivity index is 2.10. The first-order chi connectivity index (χ1) is 10.1. The van der Waals surface area contributed by atoms with E-state index in [1.54, 1.807) is 6.07 Å². The molecule has 0 saturated heterocycles. The topological polar surface area (TPSA) is 66.4 Å². The van der Waals surface area contributed by atoms with Crippen LogP contribution in [0.2, 0.25) is 0 Å². The summed E-state index contributed by atoms with van der Waals surface area (Å²) in [5.41, 5.74) is 0.747. The second-order valence-electron chi connectivity index (χ2n) is 4.12. The van der Waals surface area contributed by atoms with Crippen molar-refractivity contribution < 1.29 is 13.5 Å². The molecule has 0 unspecified atom stereocenters. The van der Waals surface area contributed by atoms with Crippen LogP contribution in [-0.2, 0) is 23.0 Å². The van der Waals surface area contributed by atoms with Crippen LogP contribution in [-0.4, -0.2) is 20.1 Å². The minimum absolute atomic E-state index is 0.203. The van der Waals surface area contributed by atoms with Crippen molar-refractivity contribution in [2.24, 2.45) is 0 Å². The van der Waals surface area contributed by atoms with Gasteiger partial charge in [-0.3, -0.25) is 0 Å². The Kier molecular flexibility index (Phi) is 5.56. The van der Waals surface area contributed by atoms with Crippen LogP contribution in [0.5, 0.6) is 0 Å². The molecule has 0 radical (unpaired) electrons. The molecule has 2 aromatic heterocycles. The van der Waals surface area contributed by atoms with Crippen molar-refractivity contribution in [2.45, 2.75) is 24.1 Å². The fourth-order valence-electron chi connectivity index (χ4n) is 1.65. The van der Waals surface area contributed by atoms with Crippen LogP contribution in [0.1, 0.15) is 22.2 Å². The fourth-order valence-corrected chi connectivity index (χ4v) is 4.84. The number of sulfonamides is 1. The Morgan fingerprint density at radius 1 is 1.33 bits per heavy atom. The van der Waals surface area contributed by atoms with Gasteiger partial charge in [0.1, 0.15) is 10.8 Å². The van der Waals surface area contributed by atoms with E-state index < -0.39 is 10.0 Å². The maximum Gasteiger partial charge on any atom is 0.250 e. The van der Waals surface area contributed by atoms with E-state index >= 15 is 0 Å². The minimum atomic E-state index is -3.49. The molecule has 0 amide bonds. The molecule has 2 rings (SSSR count). The zero-order chi connectivity index (χ0) is 15.3. The lowest BCUT2D eigenvalue weighted by Crippen LogP contribution is -2.22. The summed E-state index contributed by atoms with van der Waals surface area (Å²) in [6.07, 6.45) is 0.825. The molecule has 2 aromatic rings. The molecule has 2 heterocycles. The summed E-state index contributed by atoms with van der Waals surface area (Å²) < 4.78 is 27.3. The van der Waals surface area contributed by atoms with Crippen LogP contribution in [0.3, 0.4) is 0 Å². The van der Waals surface area contributed by atoms with E-state index in [2.05, 4.69) is 16.6 Å². The molecule has 0 aliphatic carbocycles. The number of aliphatic hydroxyl groups is 1. The van der Waals surface area contributed by atoms with E-state index in [1.165, 1.54) is 22.7 Å². The van der Waals surface area contributed by atoms with Gasteiger partial charge >= 0.3 is 0 Å². The van der Waals surface area contributed by atoms with Crippen LogP contribution in [0.15, 0.2) is 27.8 Å². The highest BCUT2D eigenvalue weighted by Gasteiger charge is 2.17. The third-order valence-electron chi connectivity index (χ3n) is 2.72. The van der Waals surface area contributed by atoms with Gasteiger partial charge in [0.05, 0.1) is 0 Å². The summed E-state index contributed by atoms with van der Waals surface area (Å²) in [4.78, 5) is 1.88. The lowest BCUT2D eigenvalue weighted by Gasteiger charge is -2.03. The number of aliphatic hydroxyl groups excluding tert-OH is 1. The highest BCUT2D eigenvalue weighted by atomic mass is 32.2. The monoisotopic (exact) mass is 341 g/mol. The van der Waals surface area contributed by atoms with Crippen molar-refractivity contribution in [3.05, 3.63) is 38.9 Å². The number of thiophene rings is 2. The first-order valence-corrected chi connectivity index (χ1v) is 9.49. The van der Waals surface area contributed by atoms with Gasteiger partial charge in [0, 0.05) is 21.9 Å². The van der Waals surface area contributed by atoms with E-state index in [9.17, 15) is 8.42 Å². The summed E-state index contributed by atoms with van der Waals surface area (Å²) in [7, 11) is -3.49. The number of rotatable bonds is 5. The highest BCUT2D eigenvalue weighted by Crippen LogP contribution is 2.23.